The van der Waals surface area contributed by atoms with Crippen LogP contribution in [0.1, 0.15) is 27.2 Å². The van der Waals surface area contributed by atoms with Crippen molar-refractivity contribution in [3.8, 4) is 0 Å². The predicted molar refractivity (Wildman–Crippen MR) is 76.0 cm³/mol. The maximum atomic E-state index is 11.5. The standard InChI is InChI=1S/C12H20BrN3O2/c1-12(2,3)4-5-14-6-7-16-8-9(13)10(17)15-11(16)18/h8,14H,4-7H2,1-3H3,(H,15,17,18). The number of halogens is 1. The minimum atomic E-state index is -0.392. The molecule has 102 valence electrons. The molecular weight excluding hydrogens is 298 g/mol. The molecule has 0 bridgehead atoms. The van der Waals surface area contributed by atoms with Crippen molar-refractivity contribution in [3.63, 3.8) is 0 Å². The summed E-state index contributed by atoms with van der Waals surface area (Å²) in [7, 11) is 0. The number of aromatic amines is 1. The van der Waals surface area contributed by atoms with Crippen LogP contribution in [0.3, 0.4) is 0 Å². The number of nitrogens with zero attached hydrogens (tertiary/aromatic N) is 1. The van der Waals surface area contributed by atoms with E-state index in [1.807, 2.05) is 0 Å². The van der Waals surface area contributed by atoms with E-state index in [4.69, 9.17) is 0 Å². The highest BCUT2D eigenvalue weighted by Gasteiger charge is 2.08. The molecule has 0 radical (unpaired) electrons. The fourth-order valence-corrected chi connectivity index (χ4v) is 1.78. The lowest BCUT2D eigenvalue weighted by atomic mass is 9.92. The highest BCUT2D eigenvalue weighted by atomic mass is 79.9. The molecule has 0 aromatic carbocycles. The third-order valence-electron chi connectivity index (χ3n) is 2.55. The Labute approximate surface area is 115 Å². The lowest BCUT2D eigenvalue weighted by Crippen LogP contribution is -2.33. The molecule has 1 rings (SSSR count). The molecule has 0 spiro atoms. The molecule has 0 fully saturated rings. The van der Waals surface area contributed by atoms with Gasteiger partial charge in [0.25, 0.3) is 5.56 Å². The van der Waals surface area contributed by atoms with E-state index >= 15 is 0 Å². The quantitative estimate of drug-likeness (QED) is 0.805. The lowest BCUT2D eigenvalue weighted by Gasteiger charge is -2.18. The highest BCUT2D eigenvalue weighted by molar-refractivity contribution is 9.10. The van der Waals surface area contributed by atoms with E-state index in [2.05, 4.69) is 47.0 Å². The summed E-state index contributed by atoms with van der Waals surface area (Å²) in [6.45, 7) is 8.74. The largest absolute Gasteiger partial charge is 0.328 e. The molecule has 0 aliphatic heterocycles. The van der Waals surface area contributed by atoms with Crippen LogP contribution in [0.2, 0.25) is 0 Å². The Balaban J connectivity index is 2.43. The van der Waals surface area contributed by atoms with Gasteiger partial charge in [-0.05, 0) is 34.3 Å². The predicted octanol–water partition coefficient (Wildman–Crippen LogP) is 1.32. The number of hydrogen-bond acceptors (Lipinski definition) is 3. The zero-order valence-corrected chi connectivity index (χ0v) is 12.6. The molecule has 6 heteroatoms. The third-order valence-corrected chi connectivity index (χ3v) is 3.11. The van der Waals surface area contributed by atoms with Crippen LogP contribution in [-0.2, 0) is 6.54 Å². The van der Waals surface area contributed by atoms with E-state index in [0.29, 0.717) is 23.0 Å². The molecule has 1 aromatic heterocycles. The molecule has 0 aliphatic carbocycles. The van der Waals surface area contributed by atoms with Crippen molar-refractivity contribution in [1.29, 1.82) is 0 Å². The Morgan fingerprint density at radius 3 is 2.61 bits per heavy atom. The van der Waals surface area contributed by atoms with E-state index < -0.39 is 5.56 Å². The summed E-state index contributed by atoms with van der Waals surface area (Å²) in [6.07, 6.45) is 2.60. The van der Waals surface area contributed by atoms with Crippen LogP contribution in [0.5, 0.6) is 0 Å². The van der Waals surface area contributed by atoms with Crippen molar-refractivity contribution in [2.24, 2.45) is 5.41 Å². The molecular formula is C12H20BrN3O2. The van der Waals surface area contributed by atoms with E-state index in [1.165, 1.54) is 10.8 Å². The first kappa shape index (κ1) is 15.2. The van der Waals surface area contributed by atoms with Crippen molar-refractivity contribution in [3.05, 3.63) is 31.5 Å². The van der Waals surface area contributed by atoms with Gasteiger partial charge in [0.05, 0.1) is 4.47 Å². The van der Waals surface area contributed by atoms with Crippen molar-refractivity contribution < 1.29 is 0 Å². The Kier molecular flexibility index (Phi) is 5.34. The Morgan fingerprint density at radius 1 is 1.33 bits per heavy atom. The van der Waals surface area contributed by atoms with Gasteiger partial charge in [-0.3, -0.25) is 14.3 Å². The van der Waals surface area contributed by atoms with Gasteiger partial charge in [0, 0.05) is 19.3 Å². The van der Waals surface area contributed by atoms with Gasteiger partial charge in [0.15, 0.2) is 0 Å². The van der Waals surface area contributed by atoms with Crippen LogP contribution in [0.25, 0.3) is 0 Å². The number of H-pyrrole nitrogens is 1. The molecule has 2 N–H and O–H groups in total. The summed E-state index contributed by atoms with van der Waals surface area (Å²) >= 11 is 3.11. The van der Waals surface area contributed by atoms with Gasteiger partial charge in [-0.1, -0.05) is 20.8 Å². The number of nitrogens with one attached hydrogen (secondary N) is 2. The second-order valence-corrected chi connectivity index (χ2v) is 6.34. The highest BCUT2D eigenvalue weighted by Crippen LogP contribution is 2.16. The maximum Gasteiger partial charge on any atom is 0.328 e. The Hall–Kier alpha value is -0.880. The molecule has 0 unspecified atom stereocenters. The summed E-state index contributed by atoms with van der Waals surface area (Å²) in [4.78, 5) is 24.9. The fraction of sp³-hybridized carbons (Fsp3) is 0.667. The van der Waals surface area contributed by atoms with Crippen molar-refractivity contribution >= 4 is 15.9 Å². The van der Waals surface area contributed by atoms with Gasteiger partial charge < -0.3 is 5.32 Å². The minimum absolute atomic E-state index is 0.310. The Morgan fingerprint density at radius 2 is 2.00 bits per heavy atom. The fourth-order valence-electron chi connectivity index (χ4n) is 1.44. The van der Waals surface area contributed by atoms with Crippen LogP contribution in [0, 0.1) is 5.41 Å². The first-order valence-corrected chi connectivity index (χ1v) is 6.79. The number of hydrogen-bond donors (Lipinski definition) is 2. The molecule has 18 heavy (non-hydrogen) atoms. The molecule has 5 nitrogen and oxygen atoms in total. The van der Waals surface area contributed by atoms with Gasteiger partial charge in [-0.25, -0.2) is 4.79 Å². The summed E-state index contributed by atoms with van der Waals surface area (Å²) < 4.78 is 1.85. The third kappa shape index (κ3) is 5.18. The molecule has 0 amide bonds. The second kappa shape index (κ2) is 6.33. The van der Waals surface area contributed by atoms with Crippen LogP contribution in [0.15, 0.2) is 20.3 Å². The first-order chi connectivity index (χ1) is 8.29. The second-order valence-electron chi connectivity index (χ2n) is 5.49. The number of rotatable bonds is 5. The summed E-state index contributed by atoms with van der Waals surface area (Å²) in [5.41, 5.74) is -0.456. The van der Waals surface area contributed by atoms with E-state index in [0.717, 1.165) is 13.0 Å². The van der Waals surface area contributed by atoms with Crippen LogP contribution >= 0.6 is 15.9 Å². The summed E-state index contributed by atoms with van der Waals surface area (Å²) in [6, 6.07) is 0. The van der Waals surface area contributed by atoms with E-state index in [9.17, 15) is 9.59 Å². The van der Waals surface area contributed by atoms with Gasteiger partial charge in [0.1, 0.15) is 0 Å². The monoisotopic (exact) mass is 317 g/mol. The van der Waals surface area contributed by atoms with E-state index in [-0.39, 0.29) is 5.69 Å². The molecule has 0 atom stereocenters. The van der Waals surface area contributed by atoms with Gasteiger partial charge in [-0.15, -0.1) is 0 Å². The Bertz CT molecular complexity index is 499. The minimum Gasteiger partial charge on any atom is -0.315 e. The lowest BCUT2D eigenvalue weighted by molar-refractivity contribution is 0.365. The van der Waals surface area contributed by atoms with Crippen molar-refractivity contribution in [2.75, 3.05) is 13.1 Å². The maximum absolute atomic E-state index is 11.5. The van der Waals surface area contributed by atoms with Crippen LogP contribution < -0.4 is 16.6 Å². The van der Waals surface area contributed by atoms with Gasteiger partial charge in [-0.2, -0.15) is 0 Å². The van der Waals surface area contributed by atoms with Gasteiger partial charge >= 0.3 is 5.69 Å². The van der Waals surface area contributed by atoms with Crippen molar-refractivity contribution in [2.45, 2.75) is 33.7 Å². The average molecular weight is 318 g/mol. The molecule has 0 saturated heterocycles. The van der Waals surface area contributed by atoms with Gasteiger partial charge in [0.2, 0.25) is 0 Å². The molecule has 0 saturated carbocycles. The summed E-state index contributed by atoms with van der Waals surface area (Å²) in [5.74, 6) is 0. The molecule has 1 heterocycles. The summed E-state index contributed by atoms with van der Waals surface area (Å²) in [5, 5.41) is 3.28. The topological polar surface area (TPSA) is 66.9 Å². The zero-order chi connectivity index (χ0) is 13.8. The first-order valence-electron chi connectivity index (χ1n) is 5.99. The normalized spacial score (nSPS) is 11.8. The van der Waals surface area contributed by atoms with Crippen LogP contribution in [0.4, 0.5) is 0 Å². The van der Waals surface area contributed by atoms with Crippen molar-refractivity contribution in [1.82, 2.24) is 14.9 Å². The SMILES string of the molecule is CC(C)(C)CCNCCn1cc(Br)c(=O)[nH]c1=O. The smallest absolute Gasteiger partial charge is 0.315 e. The zero-order valence-electron chi connectivity index (χ0n) is 11.0. The average Bonchev–Trinajstić information content (AvgIpc) is 2.23. The van der Waals surface area contributed by atoms with Crippen LogP contribution in [-0.4, -0.2) is 22.6 Å². The number of aromatic nitrogens is 2. The molecule has 0 aliphatic rings. The van der Waals surface area contributed by atoms with E-state index in [1.54, 1.807) is 0 Å². The molecule has 1 aromatic rings.